The van der Waals surface area contributed by atoms with Crippen molar-refractivity contribution in [2.75, 3.05) is 13.2 Å². The molecule has 0 amide bonds. The second kappa shape index (κ2) is 35.2. The highest BCUT2D eigenvalue weighted by atomic mass is 16.5. The minimum atomic E-state index is 0.658. The first-order valence-electron chi connectivity index (χ1n) is 32.2. The van der Waals surface area contributed by atoms with E-state index in [2.05, 4.69) is 88.4 Å². The lowest BCUT2D eigenvalue weighted by molar-refractivity contribution is 0.193. The van der Waals surface area contributed by atoms with Crippen molar-refractivity contribution >= 4 is 11.1 Å². The Morgan fingerprint density at radius 2 is 0.606 bits per heavy atom. The van der Waals surface area contributed by atoms with E-state index in [4.69, 9.17) is 4.74 Å². The zero-order chi connectivity index (χ0) is 49.6. The van der Waals surface area contributed by atoms with Crippen LogP contribution in [0.15, 0.2) is 60.7 Å². The number of hydrogen-bond acceptors (Lipinski definition) is 1. The third-order valence-electron chi connectivity index (χ3n) is 19.5. The molecule has 4 saturated carbocycles. The molecule has 71 heavy (non-hydrogen) atoms. The van der Waals surface area contributed by atoms with Crippen molar-refractivity contribution in [3.05, 3.63) is 82.9 Å². The summed E-state index contributed by atoms with van der Waals surface area (Å²) in [6.45, 7) is 10.8. The van der Waals surface area contributed by atoms with Crippen LogP contribution in [0, 0.1) is 47.3 Å². The molecule has 4 aliphatic rings. The van der Waals surface area contributed by atoms with Gasteiger partial charge in [-0.1, -0.05) is 268 Å². The molecule has 0 unspecified atom stereocenters. The third kappa shape index (κ3) is 21.9. The van der Waals surface area contributed by atoms with Gasteiger partial charge in [-0.05, 0) is 158 Å². The Bertz CT molecular complexity index is 1540. The summed E-state index contributed by atoms with van der Waals surface area (Å²) in [6, 6.07) is 19.9. The number of aryl methyl sites for hydroxylation is 2. The molecular formula is C70H114O. The van der Waals surface area contributed by atoms with Crippen molar-refractivity contribution in [2.45, 2.75) is 285 Å². The van der Waals surface area contributed by atoms with E-state index in [0.717, 1.165) is 35.5 Å². The molecule has 0 bridgehead atoms. The fraction of sp³-hybridized carbons (Fsp3) is 0.771. The van der Waals surface area contributed by atoms with Gasteiger partial charge in [0, 0.05) is 0 Å². The molecule has 0 spiro atoms. The average molecular weight is 972 g/mol. The molecular weight excluding hydrogens is 857 g/mol. The summed E-state index contributed by atoms with van der Waals surface area (Å²) < 4.78 is 6.71. The van der Waals surface area contributed by atoms with Crippen molar-refractivity contribution in [1.82, 2.24) is 0 Å². The normalized spacial score (nSPS) is 25.7. The maximum Gasteiger partial charge on any atom is 0.0657 e. The molecule has 0 saturated heterocycles. The van der Waals surface area contributed by atoms with Crippen molar-refractivity contribution in [3.63, 3.8) is 0 Å². The quantitative estimate of drug-likeness (QED) is 0.0635. The fourth-order valence-electron chi connectivity index (χ4n) is 14.5. The zero-order valence-electron chi connectivity index (χ0n) is 47.5. The van der Waals surface area contributed by atoms with Gasteiger partial charge in [-0.15, -0.1) is 0 Å². The van der Waals surface area contributed by atoms with Crippen LogP contribution in [-0.2, 0) is 17.6 Å². The predicted molar refractivity (Wildman–Crippen MR) is 313 cm³/mol. The average Bonchev–Trinajstić information content (AvgIpc) is 3.41. The number of benzene rings is 2. The Morgan fingerprint density at radius 1 is 0.338 bits per heavy atom. The molecule has 1 heteroatoms. The van der Waals surface area contributed by atoms with Crippen LogP contribution in [0.5, 0.6) is 0 Å². The summed E-state index contributed by atoms with van der Waals surface area (Å²) in [5, 5.41) is 0. The smallest absolute Gasteiger partial charge is 0.0657 e. The highest BCUT2D eigenvalue weighted by Crippen LogP contribution is 2.42. The van der Waals surface area contributed by atoms with Crippen LogP contribution in [0.1, 0.15) is 294 Å². The van der Waals surface area contributed by atoms with Gasteiger partial charge in [0.1, 0.15) is 0 Å². The number of rotatable bonds is 34. The Morgan fingerprint density at radius 3 is 0.930 bits per heavy atom. The van der Waals surface area contributed by atoms with Crippen LogP contribution in [0.2, 0.25) is 0 Å². The largest absolute Gasteiger partial charge is 0.373 e. The molecule has 0 radical (unpaired) electrons. The maximum absolute atomic E-state index is 6.71. The molecule has 4 fully saturated rings. The highest BCUT2D eigenvalue weighted by Gasteiger charge is 2.27. The van der Waals surface area contributed by atoms with E-state index < -0.39 is 0 Å². The zero-order valence-corrected chi connectivity index (χ0v) is 47.5. The molecule has 4 aliphatic carbocycles. The number of hydrogen-bond donors (Lipinski definition) is 0. The molecule has 0 N–H and O–H groups in total. The minimum Gasteiger partial charge on any atom is -0.373 e. The predicted octanol–water partition coefficient (Wildman–Crippen LogP) is 22.1. The fourth-order valence-corrected chi connectivity index (χ4v) is 14.5. The van der Waals surface area contributed by atoms with E-state index >= 15 is 0 Å². The topological polar surface area (TPSA) is 9.23 Å². The first-order chi connectivity index (χ1) is 35.0. The summed E-state index contributed by atoms with van der Waals surface area (Å²) in [6.07, 6.45) is 61.5. The van der Waals surface area contributed by atoms with Gasteiger partial charge in [0.2, 0.25) is 0 Å². The number of allylic oxidation sites excluding steroid dienone is 2. The van der Waals surface area contributed by atoms with Gasteiger partial charge < -0.3 is 4.74 Å². The van der Waals surface area contributed by atoms with Gasteiger partial charge in [-0.3, -0.25) is 0 Å². The lowest BCUT2D eigenvalue weighted by atomic mass is 9.75. The molecule has 2 aromatic carbocycles. The minimum absolute atomic E-state index is 0.658. The van der Waals surface area contributed by atoms with Crippen LogP contribution >= 0.6 is 0 Å². The molecule has 1 nitrogen and oxygen atoms in total. The summed E-state index contributed by atoms with van der Waals surface area (Å²) in [7, 11) is 0. The molecule has 0 aromatic heterocycles. The van der Waals surface area contributed by atoms with Crippen molar-refractivity contribution in [2.24, 2.45) is 47.3 Å². The van der Waals surface area contributed by atoms with E-state index in [-0.39, 0.29) is 0 Å². The second-order valence-electron chi connectivity index (χ2n) is 24.9. The number of ether oxygens (including phenoxy) is 1. The summed E-state index contributed by atoms with van der Waals surface area (Å²) in [5.74, 6) is 7.07. The standard InChI is InChI=1S/C70H114O/c1-5-9-13-15-19-23-59-37-45-65(46-38-59)69(67-49-41-63(42-50-67)35-33-61-29-25-57(26-30-61)21-17-11-7-3)53-55-71-56-54-70(66-47-39-60(40-48-66)24-20-16-14-10-6-2)68-51-43-64(44-52-68)36-34-62-31-27-58(28-32-62)22-18-12-8-4/h41-44,49-54,57-62,65-66H,5-40,45-48,55-56H2,1-4H3. The summed E-state index contributed by atoms with van der Waals surface area (Å²) in [5.41, 5.74) is 9.16. The molecule has 0 aliphatic heterocycles. The lowest BCUT2D eigenvalue weighted by Gasteiger charge is -2.31. The Labute approximate surface area is 441 Å². The SMILES string of the molecule is CCCCCCCC1CCC(C(=CCOCC=C(c2ccc(CCC3CCC(CCCCC)CC3)cc2)C2CCC(CCCCCCC)CC2)c2ccc(CCC3CCC(CCCCC)CC3)cc2)CC1. The third-order valence-corrected chi connectivity index (χ3v) is 19.5. The van der Waals surface area contributed by atoms with Crippen LogP contribution in [-0.4, -0.2) is 13.2 Å². The first-order valence-corrected chi connectivity index (χ1v) is 32.2. The first kappa shape index (κ1) is 58.1. The Kier molecular flexibility index (Phi) is 28.8. The van der Waals surface area contributed by atoms with E-state index in [0.29, 0.717) is 25.0 Å². The maximum atomic E-state index is 6.71. The Balaban J connectivity index is 1.06. The van der Waals surface area contributed by atoms with Crippen LogP contribution in [0.3, 0.4) is 0 Å². The molecule has 2 aromatic rings. The summed E-state index contributed by atoms with van der Waals surface area (Å²) >= 11 is 0. The van der Waals surface area contributed by atoms with Crippen LogP contribution in [0.25, 0.3) is 11.1 Å². The number of unbranched alkanes of at least 4 members (excludes halogenated alkanes) is 12. The van der Waals surface area contributed by atoms with E-state index in [1.54, 1.807) is 22.3 Å². The van der Waals surface area contributed by atoms with Gasteiger partial charge in [0.25, 0.3) is 0 Å². The highest BCUT2D eigenvalue weighted by molar-refractivity contribution is 5.69. The van der Waals surface area contributed by atoms with Gasteiger partial charge in [-0.2, -0.15) is 0 Å². The van der Waals surface area contributed by atoms with Gasteiger partial charge in [-0.25, -0.2) is 0 Å². The molecule has 0 atom stereocenters. The van der Waals surface area contributed by atoms with E-state index in [1.807, 2.05) is 0 Å². The van der Waals surface area contributed by atoms with Crippen molar-refractivity contribution in [1.29, 1.82) is 0 Å². The van der Waals surface area contributed by atoms with Gasteiger partial charge in [0.05, 0.1) is 13.2 Å². The monoisotopic (exact) mass is 971 g/mol. The molecule has 400 valence electrons. The van der Waals surface area contributed by atoms with Crippen molar-refractivity contribution in [3.8, 4) is 0 Å². The van der Waals surface area contributed by atoms with Crippen LogP contribution < -0.4 is 0 Å². The van der Waals surface area contributed by atoms with Gasteiger partial charge >= 0.3 is 0 Å². The van der Waals surface area contributed by atoms with Crippen molar-refractivity contribution < 1.29 is 4.74 Å². The van der Waals surface area contributed by atoms with E-state index in [9.17, 15) is 0 Å². The van der Waals surface area contributed by atoms with E-state index in [1.165, 1.54) is 268 Å². The van der Waals surface area contributed by atoms with Gasteiger partial charge in [0.15, 0.2) is 0 Å². The van der Waals surface area contributed by atoms with Crippen LogP contribution in [0.4, 0.5) is 0 Å². The molecule has 0 heterocycles. The second-order valence-corrected chi connectivity index (χ2v) is 24.9. The molecule has 6 rings (SSSR count). The summed E-state index contributed by atoms with van der Waals surface area (Å²) in [4.78, 5) is 0. The lowest BCUT2D eigenvalue weighted by Crippen LogP contribution is -2.17. The Hall–Kier alpha value is -2.12.